The van der Waals surface area contributed by atoms with E-state index in [0.717, 1.165) is 32.0 Å². The van der Waals surface area contributed by atoms with Gasteiger partial charge in [-0.3, -0.25) is 9.67 Å². The van der Waals surface area contributed by atoms with Gasteiger partial charge >= 0.3 is 0 Å². The van der Waals surface area contributed by atoms with Crippen molar-refractivity contribution in [1.29, 1.82) is 0 Å². The first-order valence-electron chi connectivity index (χ1n) is 7.28. The molecule has 0 unspecified atom stereocenters. The Kier molecular flexibility index (Phi) is 12.0. The van der Waals surface area contributed by atoms with E-state index in [2.05, 4.69) is 33.9 Å². The van der Waals surface area contributed by atoms with Crippen molar-refractivity contribution >= 4 is 29.9 Å². The number of halogens is 1. The summed E-state index contributed by atoms with van der Waals surface area (Å²) in [5.74, 6) is 0.945. The van der Waals surface area contributed by atoms with Gasteiger partial charge in [0.2, 0.25) is 0 Å². The van der Waals surface area contributed by atoms with E-state index < -0.39 is 0 Å². The summed E-state index contributed by atoms with van der Waals surface area (Å²) in [5.41, 5.74) is 0. The summed E-state index contributed by atoms with van der Waals surface area (Å²) in [6, 6.07) is 1.93. The molecule has 0 spiro atoms. The van der Waals surface area contributed by atoms with E-state index in [1.165, 1.54) is 19.3 Å². The van der Waals surface area contributed by atoms with Crippen LogP contribution in [-0.2, 0) is 6.54 Å². The van der Waals surface area contributed by atoms with E-state index >= 15 is 0 Å². The first kappa shape index (κ1) is 19.9. The standard InChI is InChI=1S/C15H27N5.HI/c1-4-5-6-7-8-12-19(3)15(16-2)17-11-14-20-13-9-10-18-20;/h4,9-10,13H,1,5-8,11-12,14H2,2-3H3,(H,16,17);1H. The van der Waals surface area contributed by atoms with Crippen molar-refractivity contribution in [1.82, 2.24) is 20.0 Å². The average Bonchev–Trinajstić information content (AvgIpc) is 2.96. The molecule has 0 aliphatic rings. The van der Waals surface area contributed by atoms with E-state index in [9.17, 15) is 0 Å². The van der Waals surface area contributed by atoms with E-state index in [4.69, 9.17) is 0 Å². The Morgan fingerprint density at radius 2 is 2.24 bits per heavy atom. The van der Waals surface area contributed by atoms with Gasteiger partial charge in [0, 0.05) is 39.6 Å². The van der Waals surface area contributed by atoms with Gasteiger partial charge in [-0.1, -0.05) is 12.5 Å². The van der Waals surface area contributed by atoms with Crippen molar-refractivity contribution in [3.8, 4) is 0 Å². The first-order chi connectivity index (χ1) is 9.77. The third kappa shape index (κ3) is 8.75. The quantitative estimate of drug-likeness (QED) is 0.226. The molecule has 0 radical (unpaired) electrons. The molecule has 6 heteroatoms. The fourth-order valence-electron chi connectivity index (χ4n) is 2.02. The van der Waals surface area contributed by atoms with Gasteiger partial charge in [-0.15, -0.1) is 30.6 Å². The molecule has 21 heavy (non-hydrogen) atoms. The molecular formula is C15H28IN5. The van der Waals surface area contributed by atoms with Crippen LogP contribution >= 0.6 is 24.0 Å². The van der Waals surface area contributed by atoms with E-state index in [-0.39, 0.29) is 24.0 Å². The SMILES string of the molecule is C=CCCCCCN(C)C(=NC)NCCn1cccn1.I. The molecule has 1 N–H and O–H groups in total. The highest BCUT2D eigenvalue weighted by molar-refractivity contribution is 14.0. The van der Waals surface area contributed by atoms with Gasteiger partial charge in [-0.2, -0.15) is 5.10 Å². The number of unbranched alkanes of at least 4 members (excludes halogenated alkanes) is 3. The topological polar surface area (TPSA) is 45.5 Å². The highest BCUT2D eigenvalue weighted by Gasteiger charge is 2.04. The van der Waals surface area contributed by atoms with Crippen molar-refractivity contribution in [3.05, 3.63) is 31.1 Å². The van der Waals surface area contributed by atoms with Crippen LogP contribution in [0.1, 0.15) is 25.7 Å². The Bertz CT molecular complexity index is 389. The number of allylic oxidation sites excluding steroid dienone is 1. The van der Waals surface area contributed by atoms with Crippen LogP contribution in [-0.4, -0.2) is 47.8 Å². The number of aromatic nitrogens is 2. The second kappa shape index (κ2) is 12.7. The van der Waals surface area contributed by atoms with Gasteiger partial charge in [0.05, 0.1) is 6.54 Å². The highest BCUT2D eigenvalue weighted by atomic mass is 127. The molecule has 0 aliphatic carbocycles. The maximum Gasteiger partial charge on any atom is 0.193 e. The smallest absolute Gasteiger partial charge is 0.193 e. The molecule has 1 rings (SSSR count). The lowest BCUT2D eigenvalue weighted by Gasteiger charge is -2.22. The molecule has 0 amide bonds. The van der Waals surface area contributed by atoms with Gasteiger partial charge in [0.15, 0.2) is 5.96 Å². The summed E-state index contributed by atoms with van der Waals surface area (Å²) in [4.78, 5) is 6.49. The Morgan fingerprint density at radius 3 is 2.86 bits per heavy atom. The molecule has 0 aliphatic heterocycles. The Morgan fingerprint density at radius 1 is 1.43 bits per heavy atom. The maximum atomic E-state index is 4.31. The molecule has 0 saturated carbocycles. The Hall–Kier alpha value is -1.05. The number of nitrogens with zero attached hydrogens (tertiary/aromatic N) is 4. The molecule has 0 atom stereocenters. The van der Waals surface area contributed by atoms with E-state index in [1.807, 2.05) is 30.1 Å². The number of aliphatic imine (C=N–C) groups is 1. The highest BCUT2D eigenvalue weighted by Crippen LogP contribution is 2.01. The lowest BCUT2D eigenvalue weighted by atomic mass is 10.2. The van der Waals surface area contributed by atoms with Crippen LogP contribution in [0.25, 0.3) is 0 Å². The van der Waals surface area contributed by atoms with E-state index in [1.54, 1.807) is 6.20 Å². The molecule has 0 aromatic carbocycles. The molecule has 1 heterocycles. The summed E-state index contributed by atoms with van der Waals surface area (Å²) in [6.45, 7) is 6.44. The largest absolute Gasteiger partial charge is 0.354 e. The fourth-order valence-corrected chi connectivity index (χ4v) is 2.02. The van der Waals surface area contributed by atoms with Gasteiger partial charge in [0.1, 0.15) is 0 Å². The minimum atomic E-state index is 0. The predicted molar refractivity (Wildman–Crippen MR) is 100 cm³/mol. The maximum absolute atomic E-state index is 4.31. The molecule has 120 valence electrons. The summed E-state index contributed by atoms with van der Waals surface area (Å²) in [6.07, 6.45) is 10.5. The van der Waals surface area contributed by atoms with Gasteiger partial charge in [0.25, 0.3) is 0 Å². The number of nitrogens with one attached hydrogen (secondary N) is 1. The third-order valence-corrected chi connectivity index (χ3v) is 3.16. The van der Waals surface area contributed by atoms with Crippen LogP contribution in [0, 0.1) is 0 Å². The Balaban J connectivity index is 0.00000400. The predicted octanol–water partition coefficient (Wildman–Crippen LogP) is 2.75. The summed E-state index contributed by atoms with van der Waals surface area (Å²) in [5, 5.41) is 7.54. The molecular weight excluding hydrogens is 377 g/mol. The zero-order valence-corrected chi connectivity index (χ0v) is 15.5. The molecule has 1 aromatic heterocycles. The number of rotatable bonds is 9. The second-order valence-electron chi connectivity index (χ2n) is 4.80. The minimum absolute atomic E-state index is 0. The molecule has 0 bridgehead atoms. The average molecular weight is 405 g/mol. The number of hydrogen-bond acceptors (Lipinski definition) is 2. The van der Waals surface area contributed by atoms with Crippen molar-refractivity contribution in [3.63, 3.8) is 0 Å². The molecule has 1 aromatic rings. The van der Waals surface area contributed by atoms with Gasteiger partial charge < -0.3 is 10.2 Å². The lowest BCUT2D eigenvalue weighted by molar-refractivity contribution is 0.451. The summed E-state index contributed by atoms with van der Waals surface area (Å²) < 4.78 is 1.91. The summed E-state index contributed by atoms with van der Waals surface area (Å²) in [7, 11) is 3.90. The van der Waals surface area contributed by atoms with Crippen LogP contribution in [0.4, 0.5) is 0 Å². The van der Waals surface area contributed by atoms with Crippen molar-refractivity contribution in [2.75, 3.05) is 27.2 Å². The monoisotopic (exact) mass is 405 g/mol. The van der Waals surface area contributed by atoms with Crippen molar-refractivity contribution in [2.24, 2.45) is 4.99 Å². The number of guanidine groups is 1. The van der Waals surface area contributed by atoms with Crippen LogP contribution < -0.4 is 5.32 Å². The van der Waals surface area contributed by atoms with Crippen LogP contribution in [0.15, 0.2) is 36.1 Å². The zero-order chi connectivity index (χ0) is 14.6. The van der Waals surface area contributed by atoms with Crippen LogP contribution in [0.2, 0.25) is 0 Å². The first-order valence-corrected chi connectivity index (χ1v) is 7.28. The minimum Gasteiger partial charge on any atom is -0.354 e. The molecule has 0 fully saturated rings. The Labute approximate surface area is 145 Å². The van der Waals surface area contributed by atoms with Crippen molar-refractivity contribution < 1.29 is 0 Å². The van der Waals surface area contributed by atoms with Gasteiger partial charge in [-0.05, 0) is 25.3 Å². The number of hydrogen-bond donors (Lipinski definition) is 1. The van der Waals surface area contributed by atoms with Crippen LogP contribution in [0.5, 0.6) is 0 Å². The lowest BCUT2D eigenvalue weighted by Crippen LogP contribution is -2.40. The fraction of sp³-hybridized carbons (Fsp3) is 0.600. The van der Waals surface area contributed by atoms with Gasteiger partial charge in [-0.25, -0.2) is 0 Å². The summed E-state index contributed by atoms with van der Waals surface area (Å²) >= 11 is 0. The zero-order valence-electron chi connectivity index (χ0n) is 13.2. The second-order valence-corrected chi connectivity index (χ2v) is 4.80. The van der Waals surface area contributed by atoms with Crippen molar-refractivity contribution in [2.45, 2.75) is 32.2 Å². The van der Waals surface area contributed by atoms with E-state index in [0.29, 0.717) is 0 Å². The third-order valence-electron chi connectivity index (χ3n) is 3.16. The normalized spacial score (nSPS) is 10.9. The van der Waals surface area contributed by atoms with Crippen LogP contribution in [0.3, 0.4) is 0 Å². The molecule has 0 saturated heterocycles. The molecule has 5 nitrogen and oxygen atoms in total.